The molecule has 0 atom stereocenters. The Morgan fingerprint density at radius 2 is 2.10 bits per heavy atom. The predicted octanol–water partition coefficient (Wildman–Crippen LogP) is 1.91. The second-order valence-corrected chi connectivity index (χ2v) is 5.75. The van der Waals surface area contributed by atoms with Crippen LogP contribution in [0.25, 0.3) is 0 Å². The number of carbonyl (C=O) groups is 1. The quantitative estimate of drug-likeness (QED) is 0.862. The summed E-state index contributed by atoms with van der Waals surface area (Å²) in [7, 11) is 0. The van der Waals surface area contributed by atoms with Crippen LogP contribution < -0.4 is 0 Å². The number of amides is 1. The molecule has 3 rings (SSSR count). The van der Waals surface area contributed by atoms with Crippen molar-refractivity contribution in [1.29, 1.82) is 0 Å². The Labute approximate surface area is 124 Å². The first kappa shape index (κ1) is 13.8. The Morgan fingerprint density at radius 1 is 1.29 bits per heavy atom. The molecular weight excluding hydrogens is 264 g/mol. The van der Waals surface area contributed by atoms with E-state index in [9.17, 15) is 4.79 Å². The topological polar surface area (TPSA) is 51.0 Å². The molecule has 1 aromatic heterocycles. The summed E-state index contributed by atoms with van der Waals surface area (Å²) in [5.41, 5.74) is 3.82. The van der Waals surface area contributed by atoms with Crippen LogP contribution in [-0.4, -0.2) is 38.9 Å². The van der Waals surface area contributed by atoms with Crippen molar-refractivity contribution in [3.05, 3.63) is 47.3 Å². The van der Waals surface area contributed by atoms with E-state index in [4.69, 9.17) is 0 Å². The average Bonchev–Trinajstić information content (AvgIpc) is 2.92. The molecule has 0 aliphatic carbocycles. The first-order valence-corrected chi connectivity index (χ1v) is 7.33. The van der Waals surface area contributed by atoms with E-state index in [0.29, 0.717) is 6.42 Å². The molecule has 5 nitrogen and oxygen atoms in total. The standard InChI is InChI=1S/C16H20N4O/c1-12-3-4-14(9-13(12)2)5-6-16(21)19-10-15(11-19)20-8-7-17-18-20/h3-4,7-9,15H,5-6,10-11H2,1-2H3. The molecule has 0 radical (unpaired) electrons. The van der Waals surface area contributed by atoms with Crippen LogP contribution in [0.1, 0.15) is 29.2 Å². The highest BCUT2D eigenvalue weighted by Gasteiger charge is 2.31. The normalized spacial score (nSPS) is 15.0. The van der Waals surface area contributed by atoms with Gasteiger partial charge in [0.2, 0.25) is 5.91 Å². The van der Waals surface area contributed by atoms with Crippen molar-refractivity contribution in [2.75, 3.05) is 13.1 Å². The molecule has 0 spiro atoms. The van der Waals surface area contributed by atoms with Crippen molar-refractivity contribution >= 4 is 5.91 Å². The number of nitrogens with zero attached hydrogens (tertiary/aromatic N) is 4. The number of rotatable bonds is 4. The van der Waals surface area contributed by atoms with Gasteiger partial charge in [-0.1, -0.05) is 23.4 Å². The van der Waals surface area contributed by atoms with Crippen molar-refractivity contribution in [3.8, 4) is 0 Å². The molecule has 110 valence electrons. The summed E-state index contributed by atoms with van der Waals surface area (Å²) in [4.78, 5) is 14.0. The highest BCUT2D eigenvalue weighted by molar-refractivity contribution is 5.77. The van der Waals surface area contributed by atoms with E-state index < -0.39 is 0 Å². The lowest BCUT2D eigenvalue weighted by molar-refractivity contribution is -0.137. The van der Waals surface area contributed by atoms with Crippen LogP contribution >= 0.6 is 0 Å². The highest BCUT2D eigenvalue weighted by atomic mass is 16.2. The number of aryl methyl sites for hydroxylation is 3. The molecule has 1 fully saturated rings. The molecule has 5 heteroatoms. The number of hydrogen-bond donors (Lipinski definition) is 0. The Hall–Kier alpha value is -2.17. The van der Waals surface area contributed by atoms with E-state index in [-0.39, 0.29) is 11.9 Å². The lowest BCUT2D eigenvalue weighted by atomic mass is 10.0. The van der Waals surface area contributed by atoms with Gasteiger partial charge in [-0.05, 0) is 37.0 Å². The molecule has 1 aliphatic rings. The molecule has 0 bridgehead atoms. The summed E-state index contributed by atoms with van der Waals surface area (Å²) in [6.45, 7) is 5.71. The van der Waals surface area contributed by atoms with Crippen LogP contribution in [-0.2, 0) is 11.2 Å². The maximum absolute atomic E-state index is 12.1. The van der Waals surface area contributed by atoms with Crippen molar-refractivity contribution in [2.45, 2.75) is 32.7 Å². The Balaban J connectivity index is 1.48. The van der Waals surface area contributed by atoms with E-state index in [1.54, 1.807) is 6.20 Å². The molecule has 0 N–H and O–H groups in total. The number of hydrogen-bond acceptors (Lipinski definition) is 3. The first-order chi connectivity index (χ1) is 10.1. The number of carbonyl (C=O) groups excluding carboxylic acids is 1. The van der Waals surface area contributed by atoms with E-state index in [0.717, 1.165) is 19.5 Å². The number of benzene rings is 1. The van der Waals surface area contributed by atoms with Gasteiger partial charge in [0.05, 0.1) is 12.2 Å². The maximum atomic E-state index is 12.1. The monoisotopic (exact) mass is 284 g/mol. The summed E-state index contributed by atoms with van der Waals surface area (Å²) < 4.78 is 1.83. The lowest BCUT2D eigenvalue weighted by Gasteiger charge is -2.39. The lowest BCUT2D eigenvalue weighted by Crippen LogP contribution is -2.50. The van der Waals surface area contributed by atoms with Crippen molar-refractivity contribution < 1.29 is 4.79 Å². The summed E-state index contributed by atoms with van der Waals surface area (Å²) in [5.74, 6) is 0.226. The van der Waals surface area contributed by atoms with E-state index in [2.05, 4.69) is 42.4 Å². The Kier molecular flexibility index (Phi) is 3.73. The second kappa shape index (κ2) is 5.68. The zero-order valence-corrected chi connectivity index (χ0v) is 12.5. The summed E-state index contributed by atoms with van der Waals surface area (Å²) in [6, 6.07) is 6.71. The van der Waals surface area contributed by atoms with E-state index in [1.165, 1.54) is 16.7 Å². The zero-order valence-electron chi connectivity index (χ0n) is 12.5. The molecule has 1 saturated heterocycles. The Morgan fingerprint density at radius 3 is 2.76 bits per heavy atom. The molecule has 2 heterocycles. The second-order valence-electron chi connectivity index (χ2n) is 5.75. The van der Waals surface area contributed by atoms with Crippen LogP contribution in [0.15, 0.2) is 30.6 Å². The molecule has 1 aromatic carbocycles. The molecular formula is C16H20N4O. The largest absolute Gasteiger partial charge is 0.338 e. The minimum atomic E-state index is 0.226. The van der Waals surface area contributed by atoms with Crippen LogP contribution in [0.5, 0.6) is 0 Å². The molecule has 1 aliphatic heterocycles. The van der Waals surface area contributed by atoms with Crippen LogP contribution in [0.3, 0.4) is 0 Å². The van der Waals surface area contributed by atoms with Crippen molar-refractivity contribution in [2.24, 2.45) is 0 Å². The van der Waals surface area contributed by atoms with E-state index >= 15 is 0 Å². The van der Waals surface area contributed by atoms with Gasteiger partial charge >= 0.3 is 0 Å². The minimum Gasteiger partial charge on any atom is -0.338 e. The van der Waals surface area contributed by atoms with Gasteiger partial charge in [-0.15, -0.1) is 5.10 Å². The predicted molar refractivity (Wildman–Crippen MR) is 79.9 cm³/mol. The fourth-order valence-electron chi connectivity index (χ4n) is 2.61. The van der Waals surface area contributed by atoms with Gasteiger partial charge in [-0.3, -0.25) is 4.79 Å². The molecule has 2 aromatic rings. The smallest absolute Gasteiger partial charge is 0.223 e. The van der Waals surface area contributed by atoms with Gasteiger partial charge in [-0.2, -0.15) is 0 Å². The van der Waals surface area contributed by atoms with Crippen LogP contribution in [0, 0.1) is 13.8 Å². The summed E-state index contributed by atoms with van der Waals surface area (Å²) >= 11 is 0. The zero-order chi connectivity index (χ0) is 14.8. The molecule has 1 amide bonds. The van der Waals surface area contributed by atoms with Crippen molar-refractivity contribution in [3.63, 3.8) is 0 Å². The fraction of sp³-hybridized carbons (Fsp3) is 0.438. The third kappa shape index (κ3) is 2.96. The fourth-order valence-corrected chi connectivity index (χ4v) is 2.61. The van der Waals surface area contributed by atoms with Gasteiger partial charge in [0.15, 0.2) is 0 Å². The molecule has 0 unspecified atom stereocenters. The van der Waals surface area contributed by atoms with Gasteiger partial charge in [-0.25, -0.2) is 4.68 Å². The first-order valence-electron chi connectivity index (χ1n) is 7.33. The summed E-state index contributed by atoms with van der Waals surface area (Å²) in [6.07, 6.45) is 4.91. The van der Waals surface area contributed by atoms with Gasteiger partial charge in [0.25, 0.3) is 0 Å². The van der Waals surface area contributed by atoms with Gasteiger partial charge < -0.3 is 4.90 Å². The minimum absolute atomic E-state index is 0.226. The number of likely N-dealkylation sites (tertiary alicyclic amines) is 1. The van der Waals surface area contributed by atoms with Crippen molar-refractivity contribution in [1.82, 2.24) is 19.9 Å². The van der Waals surface area contributed by atoms with E-state index in [1.807, 2.05) is 15.8 Å². The SMILES string of the molecule is Cc1ccc(CCC(=O)N2CC(n3ccnn3)C2)cc1C. The van der Waals surface area contributed by atoms with Gasteiger partial charge in [0, 0.05) is 25.7 Å². The average molecular weight is 284 g/mol. The maximum Gasteiger partial charge on any atom is 0.223 e. The molecule has 21 heavy (non-hydrogen) atoms. The molecule has 0 saturated carbocycles. The number of aromatic nitrogens is 3. The summed E-state index contributed by atoms with van der Waals surface area (Å²) in [5, 5.41) is 7.77. The van der Waals surface area contributed by atoms with Gasteiger partial charge in [0.1, 0.15) is 0 Å². The Bertz CT molecular complexity index is 630. The third-order valence-electron chi connectivity index (χ3n) is 4.23. The highest BCUT2D eigenvalue weighted by Crippen LogP contribution is 2.21. The van der Waals surface area contributed by atoms with Crippen LogP contribution in [0.2, 0.25) is 0 Å². The van der Waals surface area contributed by atoms with Crippen LogP contribution in [0.4, 0.5) is 0 Å². The third-order valence-corrected chi connectivity index (χ3v) is 4.23.